The number of aromatic amines is 2. The number of aromatic nitrogens is 4. The van der Waals surface area contributed by atoms with E-state index in [0.29, 0.717) is 17.7 Å². The van der Waals surface area contributed by atoms with E-state index in [1.807, 2.05) is 24.3 Å². The number of benzene rings is 1. The summed E-state index contributed by atoms with van der Waals surface area (Å²) in [7, 11) is 0. The maximum atomic E-state index is 12.7. The Morgan fingerprint density at radius 3 is 3.00 bits per heavy atom. The van der Waals surface area contributed by atoms with E-state index in [-0.39, 0.29) is 5.56 Å². The quantitative estimate of drug-likeness (QED) is 0.567. The van der Waals surface area contributed by atoms with Crippen molar-refractivity contribution in [2.75, 3.05) is 0 Å². The van der Waals surface area contributed by atoms with E-state index >= 15 is 0 Å². The van der Waals surface area contributed by atoms with E-state index in [4.69, 9.17) is 12.2 Å². The van der Waals surface area contributed by atoms with E-state index in [1.165, 1.54) is 11.3 Å². The van der Waals surface area contributed by atoms with Gasteiger partial charge in [-0.05, 0) is 18.3 Å². The van der Waals surface area contributed by atoms with Crippen LogP contribution in [0.3, 0.4) is 0 Å². The fraction of sp³-hybridized carbons (Fsp3) is 0.133. The first-order valence-corrected chi connectivity index (χ1v) is 8.08. The maximum Gasteiger partial charge on any atom is 0.272 e. The molecule has 0 aliphatic heterocycles. The predicted molar refractivity (Wildman–Crippen MR) is 91.1 cm³/mol. The first-order chi connectivity index (χ1) is 10.7. The van der Waals surface area contributed by atoms with Crippen LogP contribution in [0, 0.1) is 4.77 Å². The third-order valence-electron chi connectivity index (χ3n) is 3.67. The Bertz CT molecular complexity index is 1070. The second-order valence-electron chi connectivity index (χ2n) is 5.02. The second kappa shape index (κ2) is 5.19. The summed E-state index contributed by atoms with van der Waals surface area (Å²) in [6.45, 7) is 0.528. The fourth-order valence-electron chi connectivity index (χ4n) is 2.57. The van der Waals surface area contributed by atoms with Gasteiger partial charge in [0.1, 0.15) is 4.70 Å². The molecule has 0 radical (unpaired) electrons. The summed E-state index contributed by atoms with van der Waals surface area (Å²) in [6, 6.07) is 7.97. The zero-order chi connectivity index (χ0) is 15.1. The van der Waals surface area contributed by atoms with Crippen LogP contribution in [-0.2, 0) is 13.0 Å². The number of imidazole rings is 1. The molecule has 0 fully saturated rings. The SMILES string of the molecule is O=c1c2sc3ccccc3c2[nH]c(=S)n1CCc1cnc[nH]1. The minimum Gasteiger partial charge on any atom is -0.348 e. The molecule has 4 aromatic rings. The molecule has 0 unspecified atom stereocenters. The molecule has 3 aromatic heterocycles. The Morgan fingerprint density at radius 1 is 1.32 bits per heavy atom. The van der Waals surface area contributed by atoms with Crippen molar-refractivity contribution in [1.29, 1.82) is 0 Å². The summed E-state index contributed by atoms with van der Waals surface area (Å²) in [4.78, 5) is 23.0. The molecule has 110 valence electrons. The molecule has 0 saturated carbocycles. The molecule has 7 heteroatoms. The Labute approximate surface area is 134 Å². The van der Waals surface area contributed by atoms with Crippen molar-refractivity contribution in [2.45, 2.75) is 13.0 Å². The fourth-order valence-corrected chi connectivity index (χ4v) is 3.95. The van der Waals surface area contributed by atoms with Crippen molar-refractivity contribution in [1.82, 2.24) is 19.5 Å². The van der Waals surface area contributed by atoms with Crippen molar-refractivity contribution in [3.63, 3.8) is 0 Å². The highest BCUT2D eigenvalue weighted by Gasteiger charge is 2.11. The Kier molecular flexibility index (Phi) is 3.16. The van der Waals surface area contributed by atoms with E-state index in [1.54, 1.807) is 17.1 Å². The van der Waals surface area contributed by atoms with Gasteiger partial charge in [0.2, 0.25) is 0 Å². The number of nitrogens with one attached hydrogen (secondary N) is 2. The molecule has 0 amide bonds. The number of H-pyrrole nitrogens is 2. The average molecular weight is 328 g/mol. The van der Waals surface area contributed by atoms with Crippen LogP contribution < -0.4 is 5.56 Å². The lowest BCUT2D eigenvalue weighted by Gasteiger charge is -2.05. The third kappa shape index (κ3) is 2.10. The van der Waals surface area contributed by atoms with Gasteiger partial charge in [0, 0.05) is 34.9 Å². The molecular weight excluding hydrogens is 316 g/mol. The molecular formula is C15H12N4OS2. The standard InChI is InChI=1S/C15H12N4OS2/c20-14-13-12(10-3-1-2-4-11(10)22-13)18-15(21)19(14)6-5-9-7-16-8-17-9/h1-4,7-8H,5-6H2,(H,16,17)(H,18,21). The minimum absolute atomic E-state index is 0.0283. The Hall–Kier alpha value is -2.25. The van der Waals surface area contributed by atoms with Crippen molar-refractivity contribution in [3.8, 4) is 0 Å². The van der Waals surface area contributed by atoms with Gasteiger partial charge in [0.05, 0.1) is 11.8 Å². The molecule has 2 N–H and O–H groups in total. The molecule has 3 heterocycles. The monoisotopic (exact) mass is 328 g/mol. The highest BCUT2D eigenvalue weighted by atomic mass is 32.1. The number of nitrogens with zero attached hydrogens (tertiary/aromatic N) is 2. The highest BCUT2D eigenvalue weighted by Crippen LogP contribution is 2.29. The van der Waals surface area contributed by atoms with Crippen molar-refractivity contribution >= 4 is 43.9 Å². The molecule has 5 nitrogen and oxygen atoms in total. The summed E-state index contributed by atoms with van der Waals surface area (Å²) in [5.74, 6) is 0. The summed E-state index contributed by atoms with van der Waals surface area (Å²) in [6.07, 6.45) is 4.08. The van der Waals surface area contributed by atoms with E-state index in [2.05, 4.69) is 15.0 Å². The molecule has 0 aliphatic carbocycles. The maximum absolute atomic E-state index is 12.7. The molecule has 0 saturated heterocycles. The van der Waals surface area contributed by atoms with Crippen LogP contribution in [0.4, 0.5) is 0 Å². The third-order valence-corrected chi connectivity index (χ3v) is 5.15. The highest BCUT2D eigenvalue weighted by molar-refractivity contribution is 7.71. The average Bonchev–Trinajstić information content (AvgIpc) is 3.15. The summed E-state index contributed by atoms with van der Waals surface area (Å²) >= 11 is 6.88. The van der Waals surface area contributed by atoms with E-state index in [0.717, 1.165) is 26.0 Å². The zero-order valence-corrected chi connectivity index (χ0v) is 13.1. The summed E-state index contributed by atoms with van der Waals surface area (Å²) in [5, 5.41) is 1.05. The second-order valence-corrected chi connectivity index (χ2v) is 6.46. The first-order valence-electron chi connectivity index (χ1n) is 6.85. The smallest absolute Gasteiger partial charge is 0.272 e. The summed E-state index contributed by atoms with van der Waals surface area (Å²) in [5.41, 5.74) is 1.80. The molecule has 1 aromatic carbocycles. The lowest BCUT2D eigenvalue weighted by molar-refractivity contribution is 0.647. The van der Waals surface area contributed by atoms with Gasteiger partial charge in [0.15, 0.2) is 4.77 Å². The number of aryl methyl sites for hydroxylation is 1. The van der Waals surface area contributed by atoms with Gasteiger partial charge in [0.25, 0.3) is 5.56 Å². The molecule has 22 heavy (non-hydrogen) atoms. The van der Waals surface area contributed by atoms with Crippen molar-refractivity contribution < 1.29 is 0 Å². The topological polar surface area (TPSA) is 66.5 Å². The lowest BCUT2D eigenvalue weighted by Crippen LogP contribution is -2.22. The molecule has 4 rings (SSSR count). The first kappa shape index (κ1) is 13.4. The molecule has 0 aliphatic rings. The van der Waals surface area contributed by atoms with Gasteiger partial charge in [-0.2, -0.15) is 0 Å². The zero-order valence-electron chi connectivity index (χ0n) is 11.5. The van der Waals surface area contributed by atoms with Crippen LogP contribution in [-0.4, -0.2) is 19.5 Å². The van der Waals surface area contributed by atoms with Gasteiger partial charge in [-0.3, -0.25) is 9.36 Å². The summed E-state index contributed by atoms with van der Waals surface area (Å²) < 4.78 is 3.89. The Morgan fingerprint density at radius 2 is 2.18 bits per heavy atom. The van der Waals surface area contributed by atoms with Crippen molar-refractivity contribution in [2.24, 2.45) is 0 Å². The molecule has 0 bridgehead atoms. The lowest BCUT2D eigenvalue weighted by atomic mass is 10.2. The minimum atomic E-state index is -0.0283. The van der Waals surface area contributed by atoms with Crippen LogP contribution in [0.25, 0.3) is 20.3 Å². The van der Waals surface area contributed by atoms with Gasteiger partial charge < -0.3 is 9.97 Å². The van der Waals surface area contributed by atoms with Crippen LogP contribution in [0.1, 0.15) is 5.69 Å². The van der Waals surface area contributed by atoms with E-state index in [9.17, 15) is 4.79 Å². The number of hydrogen-bond acceptors (Lipinski definition) is 4. The van der Waals surface area contributed by atoms with Gasteiger partial charge in [-0.1, -0.05) is 18.2 Å². The normalized spacial score (nSPS) is 11.5. The van der Waals surface area contributed by atoms with Gasteiger partial charge in [-0.25, -0.2) is 4.98 Å². The predicted octanol–water partition coefficient (Wildman–Crippen LogP) is 3.24. The molecule has 0 spiro atoms. The molecule has 0 atom stereocenters. The van der Waals surface area contributed by atoms with E-state index < -0.39 is 0 Å². The number of rotatable bonds is 3. The number of hydrogen-bond donors (Lipinski definition) is 2. The number of fused-ring (bicyclic) bond motifs is 3. The Balaban J connectivity index is 1.87. The van der Waals surface area contributed by atoms with Crippen LogP contribution in [0.5, 0.6) is 0 Å². The largest absolute Gasteiger partial charge is 0.348 e. The van der Waals surface area contributed by atoms with Gasteiger partial charge >= 0.3 is 0 Å². The van der Waals surface area contributed by atoms with Crippen molar-refractivity contribution in [3.05, 3.63) is 57.6 Å². The van der Waals surface area contributed by atoms with Crippen LogP contribution in [0.15, 0.2) is 41.6 Å². The van der Waals surface area contributed by atoms with Gasteiger partial charge in [-0.15, -0.1) is 11.3 Å². The number of thiophene rings is 1. The van der Waals surface area contributed by atoms with Crippen LogP contribution in [0.2, 0.25) is 0 Å². The van der Waals surface area contributed by atoms with Crippen LogP contribution >= 0.6 is 23.6 Å².